The molecule has 0 N–H and O–H groups in total. The Morgan fingerprint density at radius 1 is 1.07 bits per heavy atom. The number of anilines is 1. The number of nitrogens with zero attached hydrogens (tertiary/aromatic N) is 6. The van der Waals surface area contributed by atoms with Gasteiger partial charge in [0.2, 0.25) is 0 Å². The van der Waals surface area contributed by atoms with E-state index in [1.54, 1.807) is 36.9 Å². The molecular weight excluding hydrogens is 356 g/mol. The Hall–Kier alpha value is -3.29. The monoisotopic (exact) mass is 378 g/mol. The van der Waals surface area contributed by atoms with Gasteiger partial charge < -0.3 is 14.5 Å². The van der Waals surface area contributed by atoms with Gasteiger partial charge in [0.25, 0.3) is 11.8 Å². The molecule has 1 aliphatic rings. The Bertz CT molecular complexity index is 993. The van der Waals surface area contributed by atoms with Gasteiger partial charge in [0.05, 0.1) is 17.6 Å². The number of likely N-dealkylation sites (tertiary alicyclic amines) is 1. The van der Waals surface area contributed by atoms with Crippen molar-refractivity contribution in [1.82, 2.24) is 24.8 Å². The molecule has 0 saturated carbocycles. The summed E-state index contributed by atoms with van der Waals surface area (Å²) in [6, 6.07) is 5.43. The minimum absolute atomic E-state index is 0.0205. The van der Waals surface area contributed by atoms with Gasteiger partial charge in [0.1, 0.15) is 6.10 Å². The van der Waals surface area contributed by atoms with E-state index in [1.807, 2.05) is 30.0 Å². The lowest BCUT2D eigenvalue weighted by Crippen LogP contribution is -2.44. The van der Waals surface area contributed by atoms with Crippen LogP contribution in [0.15, 0.2) is 43.0 Å². The number of hydrogen-bond donors (Lipinski definition) is 0. The van der Waals surface area contributed by atoms with Gasteiger partial charge in [-0.25, -0.2) is 9.97 Å². The summed E-state index contributed by atoms with van der Waals surface area (Å²) in [7, 11) is 3.80. The van der Waals surface area contributed by atoms with Crippen LogP contribution in [0.1, 0.15) is 23.2 Å². The number of carbonyl (C=O) groups excluding carboxylic acids is 1. The topological polar surface area (TPSA) is 84.3 Å². The molecule has 144 valence electrons. The normalized spacial score (nSPS) is 16.8. The van der Waals surface area contributed by atoms with E-state index in [9.17, 15) is 4.79 Å². The fourth-order valence-corrected chi connectivity index (χ4v) is 3.36. The van der Waals surface area contributed by atoms with Crippen LogP contribution in [-0.4, -0.2) is 64.0 Å². The predicted molar refractivity (Wildman–Crippen MR) is 105 cm³/mol. The van der Waals surface area contributed by atoms with Crippen LogP contribution < -0.4 is 9.64 Å². The molecule has 1 aromatic carbocycles. The number of rotatable bonds is 4. The number of amides is 1. The molecule has 1 saturated heterocycles. The summed E-state index contributed by atoms with van der Waals surface area (Å²) >= 11 is 0. The van der Waals surface area contributed by atoms with Gasteiger partial charge in [-0.1, -0.05) is 0 Å². The first kappa shape index (κ1) is 18.1. The molecule has 3 heterocycles. The summed E-state index contributed by atoms with van der Waals surface area (Å²) in [6.45, 7) is 1.22. The van der Waals surface area contributed by atoms with E-state index in [1.165, 1.54) is 0 Å². The molecule has 0 radical (unpaired) electrons. The maximum atomic E-state index is 13.0. The summed E-state index contributed by atoms with van der Waals surface area (Å²) in [6.07, 6.45) is 8.16. The van der Waals surface area contributed by atoms with Gasteiger partial charge in [0, 0.05) is 51.0 Å². The number of ether oxygens (including phenoxy) is 1. The van der Waals surface area contributed by atoms with Crippen LogP contribution >= 0.6 is 0 Å². The lowest BCUT2D eigenvalue weighted by Gasteiger charge is -2.33. The summed E-state index contributed by atoms with van der Waals surface area (Å²) in [5, 5.41) is 0. The number of benzene rings is 1. The van der Waals surface area contributed by atoms with Gasteiger partial charge in [0.15, 0.2) is 5.82 Å². The molecule has 8 heteroatoms. The van der Waals surface area contributed by atoms with E-state index in [-0.39, 0.29) is 12.0 Å². The molecule has 0 aliphatic carbocycles. The zero-order valence-corrected chi connectivity index (χ0v) is 15.9. The number of hydrogen-bond acceptors (Lipinski definition) is 7. The Labute approximate surface area is 163 Å². The second-order valence-electron chi connectivity index (χ2n) is 6.97. The molecule has 0 bridgehead atoms. The smallest absolute Gasteiger partial charge is 0.257 e. The van der Waals surface area contributed by atoms with Gasteiger partial charge in [-0.3, -0.25) is 14.8 Å². The third-order valence-corrected chi connectivity index (χ3v) is 4.73. The molecule has 0 unspecified atom stereocenters. The van der Waals surface area contributed by atoms with Gasteiger partial charge in [-0.2, -0.15) is 0 Å². The quantitative estimate of drug-likeness (QED) is 0.688. The summed E-state index contributed by atoms with van der Waals surface area (Å²) in [4.78, 5) is 33.9. The van der Waals surface area contributed by atoms with Crippen LogP contribution in [0.4, 0.5) is 5.82 Å². The molecule has 1 aliphatic heterocycles. The van der Waals surface area contributed by atoms with E-state index in [0.717, 1.165) is 18.4 Å². The molecule has 1 amide bonds. The van der Waals surface area contributed by atoms with Crippen molar-refractivity contribution >= 4 is 22.8 Å². The highest BCUT2D eigenvalue weighted by Gasteiger charge is 2.27. The van der Waals surface area contributed by atoms with E-state index < -0.39 is 0 Å². The first-order valence-corrected chi connectivity index (χ1v) is 9.27. The van der Waals surface area contributed by atoms with Gasteiger partial charge in [-0.15, -0.1) is 0 Å². The highest BCUT2D eigenvalue weighted by Crippen LogP contribution is 2.25. The fourth-order valence-electron chi connectivity index (χ4n) is 3.36. The highest BCUT2D eigenvalue weighted by atomic mass is 16.5. The standard InChI is InChI=1S/C20H22N6O2/c1-25(2)18-19(24-10-9-23-18)28-15-4-3-11-26(13-15)20(27)14-5-6-16-17(12-14)22-8-7-21-16/h5-10,12,15H,3-4,11,13H2,1-2H3/t15-/m1/s1. The van der Waals surface area contributed by atoms with Crippen molar-refractivity contribution < 1.29 is 9.53 Å². The van der Waals surface area contributed by atoms with Crippen molar-refractivity contribution in [3.8, 4) is 5.88 Å². The largest absolute Gasteiger partial charge is 0.470 e. The summed E-state index contributed by atoms with van der Waals surface area (Å²) in [5.41, 5.74) is 2.10. The lowest BCUT2D eigenvalue weighted by molar-refractivity contribution is 0.0528. The van der Waals surface area contributed by atoms with Crippen molar-refractivity contribution in [3.05, 3.63) is 48.5 Å². The minimum Gasteiger partial charge on any atom is -0.470 e. The number of carbonyl (C=O) groups is 1. The molecular formula is C20H22N6O2. The van der Waals surface area contributed by atoms with E-state index in [2.05, 4.69) is 19.9 Å². The van der Waals surface area contributed by atoms with Crippen molar-refractivity contribution in [2.75, 3.05) is 32.1 Å². The van der Waals surface area contributed by atoms with Crippen LogP contribution in [0.25, 0.3) is 11.0 Å². The first-order chi connectivity index (χ1) is 13.6. The SMILES string of the molecule is CN(C)c1nccnc1O[C@@H]1CCCN(C(=O)c2ccc3nccnc3c2)C1. The van der Waals surface area contributed by atoms with Crippen molar-refractivity contribution in [2.24, 2.45) is 0 Å². The van der Waals surface area contributed by atoms with E-state index in [0.29, 0.717) is 35.9 Å². The maximum Gasteiger partial charge on any atom is 0.257 e. The van der Waals surface area contributed by atoms with Gasteiger partial charge >= 0.3 is 0 Å². The van der Waals surface area contributed by atoms with Crippen LogP contribution in [-0.2, 0) is 0 Å². The van der Waals surface area contributed by atoms with Crippen molar-refractivity contribution in [3.63, 3.8) is 0 Å². The van der Waals surface area contributed by atoms with Crippen LogP contribution in [0.3, 0.4) is 0 Å². The maximum absolute atomic E-state index is 13.0. The predicted octanol–water partition coefficient (Wildman–Crippen LogP) is 2.17. The second kappa shape index (κ2) is 7.75. The fraction of sp³-hybridized carbons (Fsp3) is 0.350. The molecule has 1 atom stereocenters. The zero-order chi connectivity index (χ0) is 19.5. The number of aromatic nitrogens is 4. The zero-order valence-electron chi connectivity index (χ0n) is 15.9. The number of fused-ring (bicyclic) bond motifs is 1. The van der Waals surface area contributed by atoms with Crippen LogP contribution in [0.2, 0.25) is 0 Å². The van der Waals surface area contributed by atoms with Gasteiger partial charge in [-0.05, 0) is 31.0 Å². The van der Waals surface area contributed by atoms with Crippen molar-refractivity contribution in [2.45, 2.75) is 18.9 Å². The number of piperidine rings is 1. The Morgan fingerprint density at radius 3 is 2.64 bits per heavy atom. The third kappa shape index (κ3) is 3.71. The van der Waals surface area contributed by atoms with E-state index >= 15 is 0 Å². The highest BCUT2D eigenvalue weighted by molar-refractivity contribution is 5.97. The summed E-state index contributed by atoms with van der Waals surface area (Å²) < 4.78 is 6.10. The van der Waals surface area contributed by atoms with Crippen LogP contribution in [0, 0.1) is 0 Å². The Kier molecular flexibility index (Phi) is 5.01. The average Bonchev–Trinajstić information content (AvgIpc) is 2.73. The third-order valence-electron chi connectivity index (χ3n) is 4.73. The molecule has 3 aromatic rings. The molecule has 8 nitrogen and oxygen atoms in total. The Balaban J connectivity index is 1.49. The molecule has 4 rings (SSSR count). The van der Waals surface area contributed by atoms with Crippen LogP contribution in [0.5, 0.6) is 5.88 Å². The summed E-state index contributed by atoms with van der Waals surface area (Å²) in [5.74, 6) is 1.15. The average molecular weight is 378 g/mol. The molecule has 1 fully saturated rings. The lowest BCUT2D eigenvalue weighted by atomic mass is 10.1. The van der Waals surface area contributed by atoms with Crippen molar-refractivity contribution in [1.29, 1.82) is 0 Å². The molecule has 28 heavy (non-hydrogen) atoms. The van der Waals surface area contributed by atoms with E-state index in [4.69, 9.17) is 4.74 Å². The molecule has 0 spiro atoms. The minimum atomic E-state index is -0.117. The molecule has 2 aromatic heterocycles. The first-order valence-electron chi connectivity index (χ1n) is 9.27. The Morgan fingerprint density at radius 2 is 1.82 bits per heavy atom. The second-order valence-corrected chi connectivity index (χ2v) is 6.97.